The Balaban J connectivity index is 1.10. The van der Waals surface area contributed by atoms with Crippen LogP contribution in [-0.4, -0.2) is 0 Å². The van der Waals surface area contributed by atoms with Gasteiger partial charge in [0.15, 0.2) is 0 Å². The number of hydrogen-bond donors (Lipinski definition) is 0. The molecule has 2 nitrogen and oxygen atoms in total. The zero-order valence-corrected chi connectivity index (χ0v) is 35.4. The second-order valence-electron chi connectivity index (χ2n) is 17.1. The maximum atomic E-state index is 6.39. The first-order chi connectivity index (χ1) is 31.8. The van der Waals surface area contributed by atoms with Gasteiger partial charge >= 0.3 is 0 Å². The van der Waals surface area contributed by atoms with Crippen LogP contribution in [-0.2, 0) is 5.41 Å². The Morgan fingerprint density at radius 2 is 0.938 bits per heavy atom. The minimum atomic E-state index is -0.596. The molecule has 64 heavy (non-hydrogen) atoms. The van der Waals surface area contributed by atoms with Crippen LogP contribution in [0.3, 0.4) is 0 Å². The van der Waals surface area contributed by atoms with Gasteiger partial charge in [-0.25, -0.2) is 0 Å². The summed E-state index contributed by atoms with van der Waals surface area (Å²) in [5.74, 6) is 0. The Morgan fingerprint density at radius 1 is 0.359 bits per heavy atom. The number of para-hydroxylation sites is 2. The summed E-state index contributed by atoms with van der Waals surface area (Å²) in [7, 11) is 0. The highest BCUT2D eigenvalue weighted by Gasteiger charge is 2.50. The van der Waals surface area contributed by atoms with Crippen molar-refractivity contribution < 1.29 is 4.42 Å². The fourth-order valence-corrected chi connectivity index (χ4v) is 12.6. The van der Waals surface area contributed by atoms with Gasteiger partial charge in [-0.15, -0.1) is 11.3 Å². The van der Waals surface area contributed by atoms with E-state index in [0.717, 1.165) is 44.6 Å². The van der Waals surface area contributed by atoms with Gasteiger partial charge in [0.1, 0.15) is 11.2 Å². The lowest BCUT2D eigenvalue weighted by Crippen LogP contribution is -2.29. The minimum Gasteiger partial charge on any atom is -0.456 e. The molecule has 0 N–H and O–H groups in total. The number of nitrogens with zero attached hydrogens (tertiary/aromatic N) is 1. The molecule has 0 aliphatic heterocycles. The Hall–Kier alpha value is -7.98. The van der Waals surface area contributed by atoms with Crippen LogP contribution in [0.5, 0.6) is 0 Å². The van der Waals surface area contributed by atoms with Crippen LogP contribution >= 0.6 is 11.3 Å². The summed E-state index contributed by atoms with van der Waals surface area (Å²) in [6, 6.07) is 83.0. The van der Waals surface area contributed by atoms with Gasteiger partial charge in [-0.2, -0.15) is 0 Å². The van der Waals surface area contributed by atoms with Gasteiger partial charge in [0.05, 0.1) is 11.1 Å². The number of furan rings is 1. The molecule has 10 aromatic carbocycles. The number of rotatable bonds is 4. The van der Waals surface area contributed by atoms with Crippen molar-refractivity contribution >= 4 is 70.5 Å². The van der Waals surface area contributed by atoms with E-state index in [4.69, 9.17) is 4.42 Å². The van der Waals surface area contributed by atoms with Gasteiger partial charge in [0.25, 0.3) is 0 Å². The van der Waals surface area contributed by atoms with E-state index in [1.54, 1.807) is 0 Å². The summed E-state index contributed by atoms with van der Waals surface area (Å²) in [5, 5.41) is 4.84. The van der Waals surface area contributed by atoms with Gasteiger partial charge < -0.3 is 9.32 Å². The SMILES string of the molecule is c1ccc(-c2ccccc2N(c2ccc3c(c2)-c2ccccc2-c2ccccc2C32c3ccccc3-c3c2ccc2c3sc3ccccc32)c2ccc3oc4ccccc4c3c2)cc1. The molecule has 1 unspecified atom stereocenters. The third-order valence-corrected chi connectivity index (χ3v) is 15.1. The molecule has 0 radical (unpaired) electrons. The first-order valence-corrected chi connectivity index (χ1v) is 22.8. The normalized spacial score (nSPS) is 14.6. The molecule has 0 amide bonds. The fourth-order valence-electron chi connectivity index (χ4n) is 11.3. The van der Waals surface area contributed by atoms with Crippen molar-refractivity contribution in [1.82, 2.24) is 0 Å². The van der Waals surface area contributed by atoms with Crippen molar-refractivity contribution in [2.45, 2.75) is 5.41 Å². The van der Waals surface area contributed by atoms with Crippen molar-refractivity contribution in [3.63, 3.8) is 0 Å². The van der Waals surface area contributed by atoms with Crippen LogP contribution in [0.15, 0.2) is 229 Å². The molecule has 3 heteroatoms. The number of anilines is 3. The second kappa shape index (κ2) is 13.5. The van der Waals surface area contributed by atoms with Crippen LogP contribution in [0, 0.1) is 0 Å². The van der Waals surface area contributed by atoms with E-state index >= 15 is 0 Å². The summed E-state index contributed by atoms with van der Waals surface area (Å²) < 4.78 is 9.06. The molecule has 0 saturated carbocycles. The van der Waals surface area contributed by atoms with Gasteiger partial charge in [0.2, 0.25) is 0 Å². The number of thiophene rings is 1. The van der Waals surface area contributed by atoms with Crippen molar-refractivity contribution in [3.05, 3.63) is 247 Å². The van der Waals surface area contributed by atoms with E-state index in [0.29, 0.717) is 0 Å². The predicted molar refractivity (Wildman–Crippen MR) is 268 cm³/mol. The lowest BCUT2D eigenvalue weighted by Gasteiger charge is -2.36. The number of hydrogen-bond acceptors (Lipinski definition) is 3. The first-order valence-electron chi connectivity index (χ1n) is 22.0. The molecule has 0 fully saturated rings. The van der Waals surface area contributed by atoms with E-state index in [9.17, 15) is 0 Å². The van der Waals surface area contributed by atoms with Crippen LogP contribution in [0.4, 0.5) is 17.1 Å². The predicted octanol–water partition coefficient (Wildman–Crippen LogP) is 17.1. The lowest BCUT2D eigenvalue weighted by atomic mass is 9.66. The maximum Gasteiger partial charge on any atom is 0.135 e. The molecule has 1 atom stereocenters. The molecule has 12 aromatic rings. The molecule has 298 valence electrons. The average Bonchev–Trinajstić information content (AvgIpc) is 4.01. The van der Waals surface area contributed by atoms with E-state index in [1.807, 2.05) is 17.4 Å². The number of fused-ring (bicyclic) bond motifs is 19. The Bertz CT molecular complexity index is 3870. The summed E-state index contributed by atoms with van der Waals surface area (Å²) in [5.41, 5.74) is 19.6. The maximum absolute atomic E-state index is 6.39. The third kappa shape index (κ3) is 4.85. The fraction of sp³-hybridized carbons (Fsp3) is 0.0164. The van der Waals surface area contributed by atoms with E-state index in [1.165, 1.54) is 81.4 Å². The van der Waals surface area contributed by atoms with Crippen molar-refractivity contribution in [2.24, 2.45) is 0 Å². The second-order valence-corrected chi connectivity index (χ2v) is 18.1. The molecule has 2 heterocycles. The zero-order chi connectivity index (χ0) is 41.9. The van der Waals surface area contributed by atoms with Crippen LogP contribution < -0.4 is 4.90 Å². The van der Waals surface area contributed by atoms with Crippen LogP contribution in [0.25, 0.3) is 86.6 Å². The summed E-state index contributed by atoms with van der Waals surface area (Å²) in [4.78, 5) is 2.45. The van der Waals surface area contributed by atoms with Crippen LogP contribution in [0.2, 0.25) is 0 Å². The molecule has 14 rings (SSSR count). The van der Waals surface area contributed by atoms with E-state index in [-0.39, 0.29) is 0 Å². The summed E-state index contributed by atoms with van der Waals surface area (Å²) in [6.07, 6.45) is 0. The molecular formula is C61H37NOS. The Kier molecular flexibility index (Phi) is 7.51. The smallest absolute Gasteiger partial charge is 0.135 e. The summed E-state index contributed by atoms with van der Waals surface area (Å²) in [6.45, 7) is 0. The van der Waals surface area contributed by atoms with Crippen molar-refractivity contribution in [2.75, 3.05) is 4.90 Å². The van der Waals surface area contributed by atoms with E-state index in [2.05, 4.69) is 223 Å². The average molecular weight is 832 g/mol. The standard InChI is InChI=1S/C61H37NOS/c1-2-16-38(17-3-1)41-18-8-13-27-55(41)62(40-31-35-57-50(37-40)45-22-9-14-28-56(45)63-57)39-30-33-53-49(36-39)43-20-5-4-19-42(43)44-21-6-11-25-51(44)61(53)52-26-12-7-24-48(52)59-54(61)34-32-47-46-23-10-15-29-58(46)64-60(47)59/h1-37H. The monoisotopic (exact) mass is 831 g/mol. The van der Waals surface area contributed by atoms with Gasteiger partial charge in [-0.3, -0.25) is 0 Å². The highest BCUT2D eigenvalue weighted by atomic mass is 32.1. The molecule has 2 aromatic heterocycles. The highest BCUT2D eigenvalue weighted by molar-refractivity contribution is 7.26. The minimum absolute atomic E-state index is 0.596. The molecule has 2 aliphatic carbocycles. The van der Waals surface area contributed by atoms with Gasteiger partial charge in [-0.05, 0) is 104 Å². The topological polar surface area (TPSA) is 16.4 Å². The molecule has 0 bridgehead atoms. The third-order valence-electron chi connectivity index (χ3n) is 13.9. The molecule has 2 aliphatic rings. The first kappa shape index (κ1) is 35.6. The molecule has 0 saturated heterocycles. The Morgan fingerprint density at radius 3 is 1.78 bits per heavy atom. The van der Waals surface area contributed by atoms with Crippen LogP contribution in [0.1, 0.15) is 22.3 Å². The zero-order valence-electron chi connectivity index (χ0n) is 34.6. The molecular weight excluding hydrogens is 795 g/mol. The lowest BCUT2D eigenvalue weighted by molar-refractivity contribution is 0.669. The summed E-state index contributed by atoms with van der Waals surface area (Å²) >= 11 is 1.92. The largest absolute Gasteiger partial charge is 0.456 e. The molecule has 1 spiro atoms. The highest BCUT2D eigenvalue weighted by Crippen LogP contribution is 2.64. The number of benzene rings is 10. The van der Waals surface area contributed by atoms with Crippen molar-refractivity contribution in [1.29, 1.82) is 0 Å². The van der Waals surface area contributed by atoms with E-state index < -0.39 is 5.41 Å². The quantitative estimate of drug-likeness (QED) is 0.176. The van der Waals surface area contributed by atoms with Gasteiger partial charge in [-0.1, -0.05) is 176 Å². The Labute approximate surface area is 374 Å². The van der Waals surface area contributed by atoms with Crippen molar-refractivity contribution in [3.8, 4) is 44.5 Å². The van der Waals surface area contributed by atoms with Gasteiger partial charge in [0, 0.05) is 53.4 Å².